The van der Waals surface area contributed by atoms with E-state index in [0.717, 1.165) is 173 Å². The molecule has 10 nitrogen and oxygen atoms in total. The first-order chi connectivity index (χ1) is 23.8. The molecule has 2 atom stereocenters. The average molecular weight is 699 g/mol. The Kier molecular flexibility index (Phi) is 34.0. The fourth-order valence-corrected chi connectivity index (χ4v) is 6.39. The Morgan fingerprint density at radius 1 is 0.347 bits per heavy atom. The monoisotopic (exact) mass is 699 g/mol. The van der Waals surface area contributed by atoms with Gasteiger partial charge >= 0.3 is 11.9 Å². The zero-order valence-electron chi connectivity index (χ0n) is 30.9. The van der Waals surface area contributed by atoms with Crippen molar-refractivity contribution in [3.05, 3.63) is 0 Å². The van der Waals surface area contributed by atoms with Crippen LogP contribution in [0.25, 0.3) is 0 Å². The lowest BCUT2D eigenvalue weighted by atomic mass is 9.99. The highest BCUT2D eigenvalue weighted by atomic mass is 16.4. The van der Waals surface area contributed by atoms with Crippen LogP contribution in [-0.4, -0.2) is 69.5 Å². The fourth-order valence-electron chi connectivity index (χ4n) is 6.39. The minimum absolute atomic E-state index is 0.0817. The van der Waals surface area contributed by atoms with Gasteiger partial charge in [0.1, 0.15) is 0 Å². The number of aliphatic hydroxyl groups excluding tert-OH is 2. The Bertz CT molecular complexity index is 746. The molecule has 0 saturated carbocycles. The molecule has 10 heteroatoms. The van der Waals surface area contributed by atoms with E-state index in [1.807, 2.05) is 0 Å². The lowest BCUT2D eigenvalue weighted by Gasteiger charge is -2.19. The molecule has 0 aliphatic rings. The van der Waals surface area contributed by atoms with E-state index in [0.29, 0.717) is 12.8 Å². The lowest BCUT2D eigenvalue weighted by Crippen LogP contribution is -2.35. The number of carbonyl (C=O) groups excluding carboxylic acids is 2. The van der Waals surface area contributed by atoms with Crippen LogP contribution in [0.3, 0.4) is 0 Å². The van der Waals surface area contributed by atoms with Gasteiger partial charge in [-0.2, -0.15) is 0 Å². The number of aliphatic hydroxyl groups is 2. The van der Waals surface area contributed by atoms with Crippen molar-refractivity contribution in [2.24, 2.45) is 0 Å². The van der Waals surface area contributed by atoms with E-state index < -0.39 is 11.9 Å². The standard InChI is InChI=1S/C39H74N2O8/c42-32-22-11-3-7-16-26-34(24-14-5-1-9-20-30-38(46)47)40-36(44)28-18-13-19-29-37(45)41-35(27-17-8-4-12-23-33-43)25-15-6-2-10-21-31-39(48)49/h34-35,42-43H,1-33H2,(H,40,44)(H,41,45)(H,46,47)(H,48,49). The van der Waals surface area contributed by atoms with Crippen LogP contribution < -0.4 is 10.6 Å². The average Bonchev–Trinajstić information content (AvgIpc) is 3.06. The highest BCUT2D eigenvalue weighted by Crippen LogP contribution is 2.17. The van der Waals surface area contributed by atoms with Gasteiger partial charge in [0, 0.05) is 51.0 Å². The zero-order valence-corrected chi connectivity index (χ0v) is 30.9. The molecule has 0 radical (unpaired) electrons. The first kappa shape index (κ1) is 46.8. The van der Waals surface area contributed by atoms with Crippen LogP contribution in [0.15, 0.2) is 0 Å². The molecule has 288 valence electrons. The summed E-state index contributed by atoms with van der Waals surface area (Å²) < 4.78 is 0. The number of carbonyl (C=O) groups is 4. The molecular weight excluding hydrogens is 624 g/mol. The summed E-state index contributed by atoms with van der Waals surface area (Å²) in [6.45, 7) is 0.479. The van der Waals surface area contributed by atoms with Crippen molar-refractivity contribution in [3.63, 3.8) is 0 Å². The van der Waals surface area contributed by atoms with Gasteiger partial charge < -0.3 is 31.1 Å². The predicted molar refractivity (Wildman–Crippen MR) is 196 cm³/mol. The Balaban J connectivity index is 4.46. The van der Waals surface area contributed by atoms with Crippen molar-refractivity contribution < 1.29 is 39.6 Å². The van der Waals surface area contributed by atoms with Crippen molar-refractivity contribution >= 4 is 23.8 Å². The summed E-state index contributed by atoms with van der Waals surface area (Å²) in [7, 11) is 0. The van der Waals surface area contributed by atoms with Crippen molar-refractivity contribution in [1.82, 2.24) is 10.6 Å². The molecule has 0 saturated heterocycles. The van der Waals surface area contributed by atoms with Crippen LogP contribution in [0.5, 0.6) is 0 Å². The SMILES string of the molecule is O=C(O)CCCCCCCC(CCCCCCCO)NC(=O)CCCCCC(=O)NC(CCCCCCCO)CCCCCCCC(=O)O. The van der Waals surface area contributed by atoms with Crippen molar-refractivity contribution in [3.8, 4) is 0 Å². The summed E-state index contributed by atoms with van der Waals surface area (Å²) in [6, 6.07) is 0.318. The van der Waals surface area contributed by atoms with E-state index in [1.165, 1.54) is 0 Å². The summed E-state index contributed by atoms with van der Waals surface area (Å²) >= 11 is 0. The number of hydrogen-bond donors (Lipinski definition) is 6. The van der Waals surface area contributed by atoms with Crippen LogP contribution in [0.4, 0.5) is 0 Å². The van der Waals surface area contributed by atoms with E-state index in [-0.39, 0.29) is 50.0 Å². The molecule has 0 heterocycles. The van der Waals surface area contributed by atoms with Crippen molar-refractivity contribution in [2.75, 3.05) is 13.2 Å². The van der Waals surface area contributed by atoms with Crippen LogP contribution in [-0.2, 0) is 19.2 Å². The Labute approximate surface area is 298 Å². The number of aliphatic carboxylic acids is 2. The molecular formula is C39H74N2O8. The molecule has 0 aromatic carbocycles. The number of carboxylic acid groups (broad SMARTS) is 2. The van der Waals surface area contributed by atoms with E-state index in [1.54, 1.807) is 0 Å². The second-order valence-corrected chi connectivity index (χ2v) is 14.0. The quantitative estimate of drug-likeness (QED) is 0.0350. The summed E-state index contributed by atoms with van der Waals surface area (Å²) in [5, 5.41) is 42.1. The molecule has 0 aliphatic heterocycles. The third-order valence-electron chi connectivity index (χ3n) is 9.35. The van der Waals surface area contributed by atoms with E-state index in [2.05, 4.69) is 10.6 Å². The van der Waals surface area contributed by atoms with E-state index in [9.17, 15) is 19.2 Å². The molecule has 6 N–H and O–H groups in total. The molecule has 0 bridgehead atoms. The summed E-state index contributed by atoms with van der Waals surface area (Å²) in [5.74, 6) is -1.31. The van der Waals surface area contributed by atoms with Gasteiger partial charge in [-0.1, -0.05) is 109 Å². The number of hydrogen-bond acceptors (Lipinski definition) is 6. The smallest absolute Gasteiger partial charge is 0.303 e. The van der Waals surface area contributed by atoms with Gasteiger partial charge in [-0.15, -0.1) is 0 Å². The number of rotatable bonds is 38. The van der Waals surface area contributed by atoms with Gasteiger partial charge in [0.05, 0.1) is 0 Å². The molecule has 49 heavy (non-hydrogen) atoms. The maximum Gasteiger partial charge on any atom is 0.303 e. The molecule has 0 fully saturated rings. The van der Waals surface area contributed by atoms with Crippen LogP contribution >= 0.6 is 0 Å². The number of unbranched alkanes of at least 4 members (excludes halogenated alkanes) is 18. The Hall–Kier alpha value is -2.20. The maximum atomic E-state index is 12.8. The molecule has 2 amide bonds. The zero-order chi connectivity index (χ0) is 36.2. The molecule has 0 rings (SSSR count). The second-order valence-electron chi connectivity index (χ2n) is 14.0. The first-order valence-corrected chi connectivity index (χ1v) is 20.0. The van der Waals surface area contributed by atoms with Gasteiger partial charge in [-0.3, -0.25) is 19.2 Å². The van der Waals surface area contributed by atoms with Crippen LogP contribution in [0.2, 0.25) is 0 Å². The van der Waals surface area contributed by atoms with Crippen molar-refractivity contribution in [1.29, 1.82) is 0 Å². The minimum atomic E-state index is -0.738. The normalized spacial score (nSPS) is 12.4. The number of carboxylic acids is 2. The highest BCUT2D eigenvalue weighted by molar-refractivity contribution is 5.76. The molecule has 0 spiro atoms. The van der Waals surface area contributed by atoms with Gasteiger partial charge in [0.15, 0.2) is 0 Å². The van der Waals surface area contributed by atoms with Gasteiger partial charge in [0.2, 0.25) is 11.8 Å². The number of amides is 2. The fraction of sp³-hybridized carbons (Fsp3) is 0.897. The van der Waals surface area contributed by atoms with Gasteiger partial charge in [0.25, 0.3) is 0 Å². The molecule has 0 aromatic heterocycles. The third kappa shape index (κ3) is 35.4. The third-order valence-corrected chi connectivity index (χ3v) is 9.35. The van der Waals surface area contributed by atoms with Gasteiger partial charge in [-0.05, 0) is 64.2 Å². The largest absolute Gasteiger partial charge is 0.481 e. The van der Waals surface area contributed by atoms with Gasteiger partial charge in [-0.25, -0.2) is 0 Å². The van der Waals surface area contributed by atoms with Crippen LogP contribution in [0, 0.1) is 0 Å². The molecule has 0 aromatic rings. The molecule has 2 unspecified atom stereocenters. The second kappa shape index (κ2) is 35.6. The minimum Gasteiger partial charge on any atom is -0.481 e. The maximum absolute atomic E-state index is 12.8. The first-order valence-electron chi connectivity index (χ1n) is 20.0. The van der Waals surface area contributed by atoms with Crippen LogP contribution in [0.1, 0.15) is 199 Å². The van der Waals surface area contributed by atoms with E-state index >= 15 is 0 Å². The lowest BCUT2D eigenvalue weighted by molar-refractivity contribution is -0.138. The summed E-state index contributed by atoms with van der Waals surface area (Å²) in [5.41, 5.74) is 0. The topological polar surface area (TPSA) is 173 Å². The highest BCUT2D eigenvalue weighted by Gasteiger charge is 2.14. The van der Waals surface area contributed by atoms with E-state index in [4.69, 9.17) is 20.4 Å². The Morgan fingerprint density at radius 2 is 0.592 bits per heavy atom. The number of nitrogens with one attached hydrogen (secondary N) is 2. The Morgan fingerprint density at radius 3 is 0.898 bits per heavy atom. The van der Waals surface area contributed by atoms with Crippen molar-refractivity contribution in [2.45, 2.75) is 211 Å². The molecule has 0 aliphatic carbocycles. The predicted octanol–water partition coefficient (Wildman–Crippen LogP) is 8.20. The summed E-state index contributed by atoms with van der Waals surface area (Å²) in [6.07, 6.45) is 27.3. The summed E-state index contributed by atoms with van der Waals surface area (Å²) in [4.78, 5) is 47.0.